The van der Waals surface area contributed by atoms with E-state index in [9.17, 15) is 55.9 Å². The summed E-state index contributed by atoms with van der Waals surface area (Å²) in [5.74, 6) is -2.45. The molecule has 4 rings (SSSR count). The van der Waals surface area contributed by atoms with Gasteiger partial charge in [-0.05, 0) is 47.9 Å². The third kappa shape index (κ3) is 7.93. The molecule has 2 fully saturated rings. The van der Waals surface area contributed by atoms with Crippen molar-refractivity contribution in [2.75, 3.05) is 13.2 Å². The number of carbonyl (C=O) groups excluding carboxylic acids is 1. The molecule has 2 heterocycles. The quantitative estimate of drug-likeness (QED) is 0.0586. The van der Waals surface area contributed by atoms with Crippen molar-refractivity contribution in [2.45, 2.75) is 68.0 Å². The van der Waals surface area contributed by atoms with Gasteiger partial charge in [-0.25, -0.2) is 4.79 Å². The molecule has 2 aromatic rings. The fourth-order valence-corrected chi connectivity index (χ4v) is 4.47. The minimum absolute atomic E-state index is 0.0399. The van der Waals surface area contributed by atoms with Gasteiger partial charge in [-0.3, -0.25) is 0 Å². The predicted molar refractivity (Wildman–Crippen MR) is 144 cm³/mol. The lowest BCUT2D eigenvalue weighted by molar-refractivity contribution is -0.376. The molecule has 16 heteroatoms. The number of hydrogen-bond acceptors (Lipinski definition) is 16. The van der Waals surface area contributed by atoms with Gasteiger partial charge in [0.25, 0.3) is 0 Å². The zero-order valence-electron chi connectivity index (χ0n) is 22.9. The minimum Gasteiger partial charge on any atom is -0.504 e. The highest BCUT2D eigenvalue weighted by Gasteiger charge is 2.51. The summed E-state index contributed by atoms with van der Waals surface area (Å²) in [5, 5.41) is 99.9. The summed E-state index contributed by atoms with van der Waals surface area (Å²) in [6, 6.07) is 7.96. The first-order chi connectivity index (χ1) is 20.8. The van der Waals surface area contributed by atoms with E-state index >= 15 is 0 Å². The van der Waals surface area contributed by atoms with Crippen molar-refractivity contribution in [3.8, 4) is 23.0 Å². The van der Waals surface area contributed by atoms with Gasteiger partial charge in [-0.1, -0.05) is 12.1 Å². The first kappa shape index (κ1) is 33.3. The molecule has 2 aromatic carbocycles. The average molecular weight is 627 g/mol. The van der Waals surface area contributed by atoms with Gasteiger partial charge >= 0.3 is 5.97 Å². The van der Waals surface area contributed by atoms with Crippen LogP contribution in [0.15, 0.2) is 42.5 Å². The number of phenols is 4. The molecular weight excluding hydrogens is 592 g/mol. The van der Waals surface area contributed by atoms with Crippen LogP contribution in [-0.2, 0) is 34.9 Å². The third-order valence-electron chi connectivity index (χ3n) is 6.98. The van der Waals surface area contributed by atoms with Gasteiger partial charge in [0.2, 0.25) is 6.29 Å². The predicted octanol–water partition coefficient (Wildman–Crippen LogP) is -2.09. The number of rotatable bonds is 10. The lowest BCUT2D eigenvalue weighted by Crippen LogP contribution is -2.64. The molecule has 44 heavy (non-hydrogen) atoms. The molecular formula is C28H34O16. The first-order valence-corrected chi connectivity index (χ1v) is 13.4. The van der Waals surface area contributed by atoms with Crippen LogP contribution in [0.25, 0.3) is 6.08 Å². The number of benzene rings is 2. The van der Waals surface area contributed by atoms with Crippen LogP contribution < -0.4 is 0 Å². The molecule has 10 N–H and O–H groups in total. The van der Waals surface area contributed by atoms with E-state index in [1.807, 2.05) is 0 Å². The summed E-state index contributed by atoms with van der Waals surface area (Å²) in [6.07, 6.45) is -15.5. The number of phenolic OH excluding ortho intramolecular Hbond substituents is 4. The van der Waals surface area contributed by atoms with E-state index in [4.69, 9.17) is 23.7 Å². The van der Waals surface area contributed by atoms with E-state index in [0.29, 0.717) is 11.1 Å². The second-order valence-electron chi connectivity index (χ2n) is 10.2. The molecule has 2 aliphatic heterocycles. The van der Waals surface area contributed by atoms with Crippen LogP contribution in [0.3, 0.4) is 0 Å². The topological polar surface area (TPSA) is 266 Å². The number of hydrogen-bond donors (Lipinski definition) is 10. The molecule has 0 saturated carbocycles. The summed E-state index contributed by atoms with van der Waals surface area (Å²) >= 11 is 0. The number of esters is 1. The Balaban J connectivity index is 1.45. The van der Waals surface area contributed by atoms with E-state index in [0.717, 1.165) is 6.08 Å². The Hall–Kier alpha value is -3.55. The standard InChI is InChI=1S/C28H34O16/c29-14-4-1-12(9-16(14)31)3-6-19(33)42-28-24(38)25(43-27-23(37)21(35)22(36)26(39)44-27)20(34)18(41-28)11-40-8-7-13-2-5-15(30)17(32)10-13/h1-6,9-10,18,20-32,34-39H,7-8,11H2/b6-3+/t18-,20-,21-,22-,23-,24-,25+,26-,27-,28+/m1/s1. The average Bonchev–Trinajstić information content (AvgIpc) is 2.99. The summed E-state index contributed by atoms with van der Waals surface area (Å²) < 4.78 is 26.9. The first-order valence-electron chi connectivity index (χ1n) is 13.4. The van der Waals surface area contributed by atoms with Gasteiger partial charge in [0.15, 0.2) is 35.6 Å². The van der Waals surface area contributed by atoms with Gasteiger partial charge in [0, 0.05) is 6.08 Å². The Bertz CT molecular complexity index is 1300. The maximum Gasteiger partial charge on any atom is 0.333 e. The third-order valence-corrected chi connectivity index (χ3v) is 6.98. The molecule has 16 nitrogen and oxygen atoms in total. The number of aliphatic hydroxyl groups is 6. The summed E-state index contributed by atoms with van der Waals surface area (Å²) in [7, 11) is 0. The van der Waals surface area contributed by atoms with Crippen LogP contribution in [0.1, 0.15) is 11.1 Å². The molecule has 242 valence electrons. The lowest BCUT2D eigenvalue weighted by atomic mass is 9.98. The summed E-state index contributed by atoms with van der Waals surface area (Å²) in [4.78, 5) is 12.6. The number of ether oxygens (including phenoxy) is 5. The Morgan fingerprint density at radius 2 is 1.43 bits per heavy atom. The zero-order chi connectivity index (χ0) is 32.1. The number of aliphatic hydroxyl groups excluding tert-OH is 6. The van der Waals surface area contributed by atoms with E-state index in [-0.39, 0.29) is 36.9 Å². The number of carbonyl (C=O) groups is 1. The van der Waals surface area contributed by atoms with Gasteiger partial charge in [-0.15, -0.1) is 0 Å². The van der Waals surface area contributed by atoms with Crippen molar-refractivity contribution in [3.63, 3.8) is 0 Å². The van der Waals surface area contributed by atoms with E-state index in [2.05, 4.69) is 0 Å². The second kappa shape index (κ2) is 14.5. The van der Waals surface area contributed by atoms with Crippen molar-refractivity contribution >= 4 is 12.0 Å². The van der Waals surface area contributed by atoms with Gasteiger partial charge in [0.05, 0.1) is 13.2 Å². The van der Waals surface area contributed by atoms with E-state index in [1.54, 1.807) is 6.07 Å². The molecule has 0 aromatic heterocycles. The molecule has 0 spiro atoms. The molecule has 10 atom stereocenters. The van der Waals surface area contributed by atoms with E-state index in [1.165, 1.54) is 36.4 Å². The van der Waals surface area contributed by atoms with Crippen LogP contribution in [0, 0.1) is 0 Å². The smallest absolute Gasteiger partial charge is 0.333 e. The van der Waals surface area contributed by atoms with Gasteiger partial charge < -0.3 is 74.7 Å². The highest BCUT2D eigenvalue weighted by atomic mass is 16.8. The summed E-state index contributed by atoms with van der Waals surface area (Å²) in [5.41, 5.74) is 0.931. The maximum atomic E-state index is 12.6. The Morgan fingerprint density at radius 1 is 0.750 bits per heavy atom. The van der Waals surface area contributed by atoms with Gasteiger partial charge in [0.1, 0.15) is 42.7 Å². The highest BCUT2D eigenvalue weighted by molar-refractivity contribution is 5.87. The van der Waals surface area contributed by atoms with Crippen molar-refractivity contribution in [3.05, 3.63) is 53.6 Å². The number of aromatic hydroxyl groups is 4. The fourth-order valence-electron chi connectivity index (χ4n) is 4.47. The molecule has 0 bridgehead atoms. The Kier molecular flexibility index (Phi) is 11.0. The zero-order valence-corrected chi connectivity index (χ0v) is 22.9. The van der Waals surface area contributed by atoms with Crippen LogP contribution in [0.4, 0.5) is 0 Å². The largest absolute Gasteiger partial charge is 0.504 e. The molecule has 2 saturated heterocycles. The monoisotopic (exact) mass is 626 g/mol. The Morgan fingerprint density at radius 3 is 2.11 bits per heavy atom. The Labute approximate surface area is 249 Å². The van der Waals surface area contributed by atoms with Gasteiger partial charge in [-0.2, -0.15) is 0 Å². The van der Waals surface area contributed by atoms with Crippen LogP contribution in [0.5, 0.6) is 23.0 Å². The highest BCUT2D eigenvalue weighted by Crippen LogP contribution is 2.30. The second-order valence-corrected chi connectivity index (χ2v) is 10.2. The molecule has 0 unspecified atom stereocenters. The van der Waals surface area contributed by atoms with E-state index < -0.39 is 73.3 Å². The summed E-state index contributed by atoms with van der Waals surface area (Å²) in [6.45, 7) is -0.301. The van der Waals surface area contributed by atoms with Crippen molar-refractivity contribution < 1.29 is 79.5 Å². The molecule has 0 aliphatic carbocycles. The molecule has 2 aliphatic rings. The SMILES string of the molecule is O=C(/C=C/c1ccc(O)c(O)c1)O[C@@H]1O[C@H](COCCc2ccc(O)c(O)c2)[C@@H](O)[C@H](O[C@@H]2O[C@@H](O)[C@H](O)[C@@H](O)[C@H]2O)[C@H]1O. The maximum absolute atomic E-state index is 12.6. The van der Waals surface area contributed by atoms with Crippen LogP contribution >= 0.6 is 0 Å². The van der Waals surface area contributed by atoms with Crippen molar-refractivity contribution in [1.82, 2.24) is 0 Å². The molecule has 0 amide bonds. The normalized spacial score (nSPS) is 32.5. The van der Waals surface area contributed by atoms with Crippen LogP contribution in [0.2, 0.25) is 0 Å². The molecule has 0 radical (unpaired) electrons. The van der Waals surface area contributed by atoms with Crippen molar-refractivity contribution in [1.29, 1.82) is 0 Å². The van der Waals surface area contributed by atoms with Crippen LogP contribution in [-0.4, -0.2) is 132 Å². The fraction of sp³-hybridized carbons (Fsp3) is 0.464. The minimum atomic E-state index is -1.98. The van der Waals surface area contributed by atoms with Crippen molar-refractivity contribution in [2.24, 2.45) is 0 Å². The lowest BCUT2D eigenvalue weighted by Gasteiger charge is -2.45.